The number of rotatable bonds is 9. The van der Waals surface area contributed by atoms with Gasteiger partial charge in [-0.15, -0.1) is 0 Å². The van der Waals surface area contributed by atoms with Crippen LogP contribution in [0.15, 0.2) is 28.7 Å². The molecular formula is C17H26BrNO. The topological polar surface area (TPSA) is 20.3 Å². The van der Waals surface area contributed by atoms with Crippen molar-refractivity contribution in [1.82, 2.24) is 4.90 Å². The van der Waals surface area contributed by atoms with Gasteiger partial charge in [-0.25, -0.2) is 0 Å². The first-order valence-electron chi connectivity index (χ1n) is 7.61. The van der Waals surface area contributed by atoms with Crippen LogP contribution >= 0.6 is 15.9 Å². The highest BCUT2D eigenvalue weighted by molar-refractivity contribution is 9.10. The summed E-state index contributed by atoms with van der Waals surface area (Å²) in [6.45, 7) is 8.63. The molecule has 1 atom stereocenters. The number of carbonyl (C=O) groups excluding carboxylic acids is 1. The lowest BCUT2D eigenvalue weighted by atomic mass is 10.1. The highest BCUT2D eigenvalue weighted by Gasteiger charge is 2.14. The van der Waals surface area contributed by atoms with Crippen LogP contribution in [0.25, 0.3) is 0 Å². The fraction of sp³-hybridized carbons (Fsp3) is 0.588. The molecule has 1 aromatic carbocycles. The first-order valence-corrected chi connectivity index (χ1v) is 8.40. The van der Waals surface area contributed by atoms with Gasteiger partial charge in [0.1, 0.15) is 0 Å². The van der Waals surface area contributed by atoms with E-state index in [1.165, 1.54) is 12.8 Å². The number of unbranched alkanes of at least 4 members (excludes halogenated alkanes) is 1. The zero-order valence-electron chi connectivity index (χ0n) is 12.9. The fourth-order valence-corrected chi connectivity index (χ4v) is 2.46. The number of carbonyl (C=O) groups is 1. The number of Topliss-reactive ketones (excluding diaryl/α,β-unsaturated/α-hetero) is 1. The van der Waals surface area contributed by atoms with Crippen LogP contribution < -0.4 is 0 Å². The molecule has 1 unspecified atom stereocenters. The van der Waals surface area contributed by atoms with E-state index < -0.39 is 0 Å². The molecule has 0 aromatic heterocycles. The monoisotopic (exact) mass is 339 g/mol. The summed E-state index contributed by atoms with van der Waals surface area (Å²) in [7, 11) is 0. The van der Waals surface area contributed by atoms with Gasteiger partial charge in [0.25, 0.3) is 0 Å². The van der Waals surface area contributed by atoms with E-state index in [0.717, 1.165) is 29.5 Å². The summed E-state index contributed by atoms with van der Waals surface area (Å²) in [5, 5.41) is 0. The van der Waals surface area contributed by atoms with E-state index in [9.17, 15) is 4.79 Å². The third kappa shape index (κ3) is 5.76. The summed E-state index contributed by atoms with van der Waals surface area (Å²) in [6.07, 6.45) is 4.15. The Morgan fingerprint density at radius 1 is 1.20 bits per heavy atom. The van der Waals surface area contributed by atoms with Crippen molar-refractivity contribution >= 4 is 21.7 Å². The first-order chi connectivity index (χ1) is 9.58. The summed E-state index contributed by atoms with van der Waals surface area (Å²) < 4.78 is 1.01. The van der Waals surface area contributed by atoms with Gasteiger partial charge in [-0.05, 0) is 38.4 Å². The standard InChI is InChI=1S/C17H26BrNO/c1-4-6-12-19(14(3)5-2)13-11-17(20)15-7-9-16(18)10-8-15/h7-10,14H,4-6,11-13H2,1-3H3. The molecule has 1 aromatic rings. The van der Waals surface area contributed by atoms with Crippen LogP contribution in [0.5, 0.6) is 0 Å². The second-order valence-electron chi connectivity index (χ2n) is 5.33. The lowest BCUT2D eigenvalue weighted by molar-refractivity contribution is 0.0951. The zero-order valence-corrected chi connectivity index (χ0v) is 14.4. The largest absolute Gasteiger partial charge is 0.300 e. The maximum atomic E-state index is 12.2. The van der Waals surface area contributed by atoms with Crippen LogP contribution in [0, 0.1) is 0 Å². The minimum absolute atomic E-state index is 0.238. The van der Waals surface area contributed by atoms with Crippen LogP contribution in [0.2, 0.25) is 0 Å². The van der Waals surface area contributed by atoms with E-state index in [1.807, 2.05) is 24.3 Å². The van der Waals surface area contributed by atoms with E-state index >= 15 is 0 Å². The Labute approximate surface area is 131 Å². The maximum absolute atomic E-state index is 12.2. The summed E-state index contributed by atoms with van der Waals surface area (Å²) >= 11 is 3.39. The Morgan fingerprint density at radius 3 is 2.40 bits per heavy atom. The van der Waals surface area contributed by atoms with E-state index in [2.05, 4.69) is 41.6 Å². The zero-order chi connectivity index (χ0) is 15.0. The predicted molar refractivity (Wildman–Crippen MR) is 89.3 cm³/mol. The highest BCUT2D eigenvalue weighted by atomic mass is 79.9. The Kier molecular flexibility index (Phi) is 8.08. The molecule has 0 amide bonds. The maximum Gasteiger partial charge on any atom is 0.164 e. The second-order valence-corrected chi connectivity index (χ2v) is 6.24. The molecule has 0 spiro atoms. The van der Waals surface area contributed by atoms with Gasteiger partial charge in [0, 0.05) is 29.0 Å². The molecule has 1 rings (SSSR count). The van der Waals surface area contributed by atoms with Gasteiger partial charge in [0.05, 0.1) is 0 Å². The van der Waals surface area contributed by atoms with Crippen LogP contribution in [0.4, 0.5) is 0 Å². The number of ketones is 1. The van der Waals surface area contributed by atoms with Crippen molar-refractivity contribution in [2.24, 2.45) is 0 Å². The van der Waals surface area contributed by atoms with Gasteiger partial charge in [-0.2, -0.15) is 0 Å². The number of nitrogens with zero attached hydrogens (tertiary/aromatic N) is 1. The lowest BCUT2D eigenvalue weighted by Crippen LogP contribution is -2.35. The van der Waals surface area contributed by atoms with Crippen molar-refractivity contribution < 1.29 is 4.79 Å². The van der Waals surface area contributed by atoms with Crippen molar-refractivity contribution in [3.63, 3.8) is 0 Å². The summed E-state index contributed by atoms with van der Waals surface area (Å²) in [5.41, 5.74) is 0.813. The smallest absolute Gasteiger partial charge is 0.164 e. The van der Waals surface area contributed by atoms with E-state index in [-0.39, 0.29) is 5.78 Å². The van der Waals surface area contributed by atoms with Crippen LogP contribution in [0.3, 0.4) is 0 Å². The molecule has 0 aliphatic rings. The molecule has 0 bridgehead atoms. The average molecular weight is 340 g/mol. The molecule has 2 nitrogen and oxygen atoms in total. The van der Waals surface area contributed by atoms with Crippen LogP contribution in [-0.4, -0.2) is 29.8 Å². The molecule has 0 saturated heterocycles. The Bertz CT molecular complexity index is 402. The number of hydrogen-bond donors (Lipinski definition) is 0. The van der Waals surface area contributed by atoms with E-state index in [0.29, 0.717) is 12.5 Å². The molecule has 0 aliphatic carbocycles. The molecule has 20 heavy (non-hydrogen) atoms. The third-order valence-electron chi connectivity index (χ3n) is 3.81. The number of benzene rings is 1. The van der Waals surface area contributed by atoms with Crippen molar-refractivity contribution in [2.75, 3.05) is 13.1 Å². The lowest BCUT2D eigenvalue weighted by Gasteiger charge is -2.28. The van der Waals surface area contributed by atoms with Crippen molar-refractivity contribution in [3.8, 4) is 0 Å². The number of halogens is 1. The molecule has 3 heteroatoms. The summed E-state index contributed by atoms with van der Waals surface area (Å²) in [5.74, 6) is 0.238. The molecule has 0 radical (unpaired) electrons. The molecule has 112 valence electrons. The third-order valence-corrected chi connectivity index (χ3v) is 4.33. The predicted octanol–water partition coefficient (Wildman–Crippen LogP) is 4.92. The summed E-state index contributed by atoms with van der Waals surface area (Å²) in [6, 6.07) is 8.20. The minimum Gasteiger partial charge on any atom is -0.300 e. The quantitative estimate of drug-likeness (QED) is 0.595. The molecular weight excluding hydrogens is 314 g/mol. The summed E-state index contributed by atoms with van der Waals surface area (Å²) in [4.78, 5) is 14.6. The van der Waals surface area contributed by atoms with Gasteiger partial charge >= 0.3 is 0 Å². The van der Waals surface area contributed by atoms with Gasteiger partial charge in [0.15, 0.2) is 5.78 Å². The molecule has 0 N–H and O–H groups in total. The number of hydrogen-bond acceptors (Lipinski definition) is 2. The minimum atomic E-state index is 0.238. The van der Waals surface area contributed by atoms with Gasteiger partial charge in [-0.3, -0.25) is 4.79 Å². The van der Waals surface area contributed by atoms with Gasteiger partial charge in [-0.1, -0.05) is 48.3 Å². The fourth-order valence-electron chi connectivity index (χ4n) is 2.20. The highest BCUT2D eigenvalue weighted by Crippen LogP contribution is 2.13. The normalized spacial score (nSPS) is 12.7. The van der Waals surface area contributed by atoms with Gasteiger partial charge in [0.2, 0.25) is 0 Å². The van der Waals surface area contributed by atoms with E-state index in [1.54, 1.807) is 0 Å². The van der Waals surface area contributed by atoms with Crippen molar-refractivity contribution in [2.45, 2.75) is 52.5 Å². The average Bonchev–Trinajstić information content (AvgIpc) is 2.47. The second kappa shape index (κ2) is 9.30. The van der Waals surface area contributed by atoms with Gasteiger partial charge < -0.3 is 4.90 Å². The Morgan fingerprint density at radius 2 is 1.85 bits per heavy atom. The van der Waals surface area contributed by atoms with Crippen molar-refractivity contribution in [1.29, 1.82) is 0 Å². The molecule has 0 fully saturated rings. The van der Waals surface area contributed by atoms with Crippen LogP contribution in [0.1, 0.15) is 56.8 Å². The SMILES string of the molecule is CCCCN(CCC(=O)c1ccc(Br)cc1)C(C)CC. The van der Waals surface area contributed by atoms with Crippen molar-refractivity contribution in [3.05, 3.63) is 34.3 Å². The Balaban J connectivity index is 2.53. The molecule has 0 heterocycles. The van der Waals surface area contributed by atoms with Crippen LogP contribution in [-0.2, 0) is 0 Å². The van der Waals surface area contributed by atoms with E-state index in [4.69, 9.17) is 0 Å². The molecule has 0 aliphatic heterocycles. The Hall–Kier alpha value is -0.670. The first kappa shape index (κ1) is 17.4. The molecule has 0 saturated carbocycles.